The van der Waals surface area contributed by atoms with Crippen LogP contribution in [0.3, 0.4) is 0 Å². The molecule has 0 aromatic heterocycles. The van der Waals surface area contributed by atoms with Crippen LogP contribution in [0.25, 0.3) is 0 Å². The maximum Gasteiger partial charge on any atom is 0.334 e. The van der Waals surface area contributed by atoms with E-state index in [1.165, 1.54) is 32.9 Å². The SMILES string of the molecule is C=C(C)C(=O)O[C@H]1[C@H]2C(=C)C(=O)O[C@@H]2C[C@@H](C)C=CC(=O)[C@](C)(O)[C@@H]1OC(=O)/C(C)=C\C. The molecule has 0 aromatic carbocycles. The second-order valence-corrected chi connectivity index (χ2v) is 8.53. The summed E-state index contributed by atoms with van der Waals surface area (Å²) in [5.74, 6) is -4.25. The highest BCUT2D eigenvalue weighted by atomic mass is 16.6. The highest BCUT2D eigenvalue weighted by Gasteiger charge is 2.56. The van der Waals surface area contributed by atoms with E-state index in [1.807, 2.05) is 6.92 Å². The summed E-state index contributed by atoms with van der Waals surface area (Å²) in [6.07, 6.45) is 0.713. The largest absolute Gasteiger partial charge is 0.458 e. The van der Waals surface area contributed by atoms with Gasteiger partial charge in [0.25, 0.3) is 0 Å². The van der Waals surface area contributed by atoms with E-state index in [0.29, 0.717) is 6.42 Å². The summed E-state index contributed by atoms with van der Waals surface area (Å²) in [4.78, 5) is 50.4. The lowest BCUT2D eigenvalue weighted by atomic mass is 9.77. The number of aliphatic hydroxyl groups is 1. The number of carbonyl (C=O) groups is 4. The van der Waals surface area contributed by atoms with Crippen LogP contribution in [0.5, 0.6) is 0 Å². The summed E-state index contributed by atoms with van der Waals surface area (Å²) in [7, 11) is 0. The predicted molar refractivity (Wildman–Crippen MR) is 115 cm³/mol. The van der Waals surface area contributed by atoms with Crippen molar-refractivity contribution in [2.75, 3.05) is 0 Å². The molecule has 1 aliphatic heterocycles. The highest BCUT2D eigenvalue weighted by molar-refractivity contribution is 5.98. The predicted octanol–water partition coefficient (Wildman–Crippen LogP) is 2.37. The van der Waals surface area contributed by atoms with Gasteiger partial charge in [-0.15, -0.1) is 0 Å². The first kappa shape index (κ1) is 25.3. The van der Waals surface area contributed by atoms with Gasteiger partial charge in [0.2, 0.25) is 0 Å². The molecule has 1 saturated heterocycles. The minimum absolute atomic E-state index is 0.00155. The smallest absolute Gasteiger partial charge is 0.334 e. The molecule has 8 heteroatoms. The maximum absolute atomic E-state index is 12.9. The van der Waals surface area contributed by atoms with Crippen molar-refractivity contribution >= 4 is 23.7 Å². The van der Waals surface area contributed by atoms with Gasteiger partial charge in [0.15, 0.2) is 23.6 Å². The Morgan fingerprint density at radius 2 is 1.88 bits per heavy atom. The van der Waals surface area contributed by atoms with Gasteiger partial charge in [-0.25, -0.2) is 14.4 Å². The van der Waals surface area contributed by atoms with Crippen LogP contribution in [-0.4, -0.2) is 52.7 Å². The fraction of sp³-hybridized carbons (Fsp3) is 0.500. The van der Waals surface area contributed by atoms with E-state index in [-0.39, 0.29) is 22.6 Å². The van der Waals surface area contributed by atoms with Crippen LogP contribution in [0.15, 0.2) is 48.1 Å². The Balaban J connectivity index is 2.71. The molecular formula is C24H30O8. The molecule has 2 aliphatic rings. The second kappa shape index (κ2) is 9.65. The topological polar surface area (TPSA) is 116 Å². The molecule has 1 N–H and O–H groups in total. The van der Waals surface area contributed by atoms with Crippen LogP contribution in [0, 0.1) is 11.8 Å². The molecule has 1 aliphatic carbocycles. The van der Waals surface area contributed by atoms with Crippen molar-refractivity contribution in [2.45, 2.75) is 65.0 Å². The molecule has 0 bridgehead atoms. The summed E-state index contributed by atoms with van der Waals surface area (Å²) in [5.41, 5.74) is -2.02. The molecular weight excluding hydrogens is 416 g/mol. The number of ether oxygens (including phenoxy) is 3. The molecule has 2 rings (SSSR count). The zero-order valence-corrected chi connectivity index (χ0v) is 19.0. The van der Waals surface area contributed by atoms with Crippen LogP contribution in [-0.2, 0) is 33.4 Å². The number of hydrogen-bond acceptors (Lipinski definition) is 8. The summed E-state index contributed by atoms with van der Waals surface area (Å²) in [5, 5.41) is 11.2. The third-order valence-electron chi connectivity index (χ3n) is 5.79. The van der Waals surface area contributed by atoms with Gasteiger partial charge >= 0.3 is 17.9 Å². The van der Waals surface area contributed by atoms with Gasteiger partial charge in [-0.05, 0) is 46.1 Å². The van der Waals surface area contributed by atoms with E-state index in [0.717, 1.165) is 0 Å². The van der Waals surface area contributed by atoms with Crippen molar-refractivity contribution in [3.8, 4) is 0 Å². The summed E-state index contributed by atoms with van der Waals surface area (Å²) < 4.78 is 16.6. The average Bonchev–Trinajstić information content (AvgIpc) is 2.99. The molecule has 6 atom stereocenters. The van der Waals surface area contributed by atoms with Crippen molar-refractivity contribution in [2.24, 2.45) is 11.8 Å². The first-order chi connectivity index (χ1) is 14.8. The van der Waals surface area contributed by atoms with Gasteiger partial charge in [-0.3, -0.25) is 4.79 Å². The number of fused-ring (bicyclic) bond motifs is 1. The molecule has 0 unspecified atom stereocenters. The van der Waals surface area contributed by atoms with Crippen LogP contribution in [0.4, 0.5) is 0 Å². The van der Waals surface area contributed by atoms with Gasteiger partial charge in [0.05, 0.1) is 5.92 Å². The minimum atomic E-state index is -2.28. The normalized spacial score (nSPS) is 33.2. The summed E-state index contributed by atoms with van der Waals surface area (Å²) >= 11 is 0. The van der Waals surface area contributed by atoms with Crippen molar-refractivity contribution in [3.63, 3.8) is 0 Å². The van der Waals surface area contributed by atoms with E-state index in [4.69, 9.17) is 14.2 Å². The Morgan fingerprint density at radius 3 is 2.44 bits per heavy atom. The Bertz CT molecular complexity index is 907. The van der Waals surface area contributed by atoms with Crippen molar-refractivity contribution in [1.29, 1.82) is 0 Å². The summed E-state index contributed by atoms with van der Waals surface area (Å²) in [6.45, 7) is 14.9. The van der Waals surface area contributed by atoms with Crippen molar-refractivity contribution in [1.82, 2.24) is 0 Å². The van der Waals surface area contributed by atoms with Crippen molar-refractivity contribution in [3.05, 3.63) is 48.1 Å². The standard InChI is InChI=1S/C24H30O8/c1-8-14(5)22(27)32-20-19(31-21(26)12(2)3)18-15(6)23(28)30-16(18)11-13(4)9-10-17(25)24(20,7)29/h8-10,13,16,18-20,29H,2,6,11H2,1,3-5,7H3/b10-9?,14-8-/t13-,16+,18-,19-,20+,24-/m0/s1. The quantitative estimate of drug-likeness (QED) is 0.397. The molecule has 0 amide bonds. The van der Waals surface area contributed by atoms with Crippen molar-refractivity contribution < 1.29 is 38.5 Å². The molecule has 1 fully saturated rings. The monoisotopic (exact) mass is 446 g/mol. The number of carbonyl (C=O) groups excluding carboxylic acids is 4. The van der Waals surface area contributed by atoms with Gasteiger partial charge in [-0.1, -0.05) is 32.2 Å². The molecule has 1 heterocycles. The average molecular weight is 446 g/mol. The van der Waals surface area contributed by atoms with Gasteiger partial charge in [0, 0.05) is 16.7 Å². The number of hydrogen-bond donors (Lipinski definition) is 1. The second-order valence-electron chi connectivity index (χ2n) is 8.53. The lowest BCUT2D eigenvalue weighted by Gasteiger charge is -2.39. The van der Waals surface area contributed by atoms with Gasteiger partial charge < -0.3 is 19.3 Å². The molecule has 8 nitrogen and oxygen atoms in total. The van der Waals surface area contributed by atoms with Crippen LogP contribution >= 0.6 is 0 Å². The molecule has 0 radical (unpaired) electrons. The number of rotatable bonds is 4. The van der Waals surface area contributed by atoms with Crippen LogP contribution in [0.2, 0.25) is 0 Å². The third kappa shape index (κ3) is 5.07. The van der Waals surface area contributed by atoms with E-state index in [9.17, 15) is 24.3 Å². The van der Waals surface area contributed by atoms with Gasteiger partial charge in [0.1, 0.15) is 6.10 Å². The first-order valence-electron chi connectivity index (χ1n) is 10.4. The van der Waals surface area contributed by atoms with E-state index in [1.54, 1.807) is 13.0 Å². The first-order valence-corrected chi connectivity index (χ1v) is 10.4. The van der Waals surface area contributed by atoms with Crippen LogP contribution < -0.4 is 0 Å². The Kier molecular flexibility index (Phi) is 7.62. The fourth-order valence-electron chi connectivity index (χ4n) is 3.63. The molecule has 0 saturated carbocycles. The Morgan fingerprint density at radius 1 is 1.25 bits per heavy atom. The molecule has 0 spiro atoms. The van der Waals surface area contributed by atoms with Gasteiger partial charge in [-0.2, -0.15) is 0 Å². The molecule has 0 aromatic rings. The Hall–Kier alpha value is -3.00. The van der Waals surface area contributed by atoms with Crippen LogP contribution in [0.1, 0.15) is 41.0 Å². The van der Waals surface area contributed by atoms with E-state index >= 15 is 0 Å². The lowest BCUT2D eigenvalue weighted by molar-refractivity contribution is -0.193. The number of ketones is 1. The highest BCUT2D eigenvalue weighted by Crippen LogP contribution is 2.40. The van der Waals surface area contributed by atoms with E-state index in [2.05, 4.69) is 13.2 Å². The summed E-state index contributed by atoms with van der Waals surface area (Å²) in [6, 6.07) is 0. The maximum atomic E-state index is 12.9. The molecule has 174 valence electrons. The zero-order valence-electron chi connectivity index (χ0n) is 19.0. The minimum Gasteiger partial charge on any atom is -0.458 e. The third-order valence-corrected chi connectivity index (χ3v) is 5.79. The fourth-order valence-corrected chi connectivity index (χ4v) is 3.63. The number of allylic oxidation sites excluding steroid dienone is 2. The van der Waals surface area contributed by atoms with E-state index < -0.39 is 53.5 Å². The molecule has 32 heavy (non-hydrogen) atoms. The zero-order chi connectivity index (χ0) is 24.4. The lowest BCUT2D eigenvalue weighted by Crippen LogP contribution is -2.58. The number of esters is 3. The Labute approximate surface area is 187 Å².